The van der Waals surface area contributed by atoms with Gasteiger partial charge in [-0.3, -0.25) is 0 Å². The normalized spacial score (nSPS) is 10.5. The second kappa shape index (κ2) is 5.44. The van der Waals surface area contributed by atoms with E-state index < -0.39 is 0 Å². The lowest BCUT2D eigenvalue weighted by atomic mass is 10.0. The molecule has 0 aliphatic rings. The highest BCUT2D eigenvalue weighted by molar-refractivity contribution is 5.54. The molecule has 1 aromatic heterocycles. The molecule has 0 saturated carbocycles. The molecule has 0 fully saturated rings. The molecule has 0 bridgehead atoms. The van der Waals surface area contributed by atoms with Gasteiger partial charge in [-0.2, -0.15) is 0 Å². The summed E-state index contributed by atoms with van der Waals surface area (Å²) in [5.41, 5.74) is 3.69. The van der Waals surface area contributed by atoms with Crippen LogP contribution in [0.5, 0.6) is 0 Å². The number of aromatic nitrogens is 4. The molecule has 0 aliphatic heterocycles. The lowest BCUT2D eigenvalue weighted by Crippen LogP contribution is -1.91. The second-order valence-electron chi connectivity index (χ2n) is 4.43. The third kappa shape index (κ3) is 2.85. The smallest absolute Gasteiger partial charge is 0.179 e. The van der Waals surface area contributed by atoms with Crippen molar-refractivity contribution < 1.29 is 0 Å². The van der Waals surface area contributed by atoms with Gasteiger partial charge in [-0.15, -0.1) is 5.10 Å². The number of H-pyrrole nitrogens is 1. The number of hydrogen-bond donors (Lipinski definition) is 1. The minimum absolute atomic E-state index is 0.703. The van der Waals surface area contributed by atoms with E-state index in [-0.39, 0.29) is 0 Å². The summed E-state index contributed by atoms with van der Waals surface area (Å²) in [5, 5.41) is 13.8. The molecule has 19 heavy (non-hydrogen) atoms. The van der Waals surface area contributed by atoms with Crippen molar-refractivity contribution in [2.75, 3.05) is 0 Å². The molecular formula is C15H14N4. The monoisotopic (exact) mass is 250 g/mol. The zero-order chi connectivity index (χ0) is 12.9. The largest absolute Gasteiger partial charge is 0.239 e. The summed E-state index contributed by atoms with van der Waals surface area (Å²) in [7, 11) is 0. The van der Waals surface area contributed by atoms with Gasteiger partial charge in [0.25, 0.3) is 0 Å². The fraction of sp³-hybridized carbons (Fsp3) is 0.133. The standard InChI is InChI=1S/C15H14N4/c1-2-4-12(5-3-1)6-7-13-8-10-14(11-9-13)15-16-18-19-17-15/h1-5,8-11H,6-7H2,(H,16,17,18,19). The molecular weight excluding hydrogens is 236 g/mol. The molecule has 1 N–H and O–H groups in total. The molecule has 0 saturated heterocycles. The van der Waals surface area contributed by atoms with Crippen molar-refractivity contribution in [1.29, 1.82) is 0 Å². The zero-order valence-electron chi connectivity index (χ0n) is 10.5. The number of rotatable bonds is 4. The summed E-state index contributed by atoms with van der Waals surface area (Å²) in [6, 6.07) is 18.9. The van der Waals surface area contributed by atoms with Gasteiger partial charge in [-0.25, -0.2) is 5.10 Å². The van der Waals surface area contributed by atoms with Gasteiger partial charge >= 0.3 is 0 Å². The van der Waals surface area contributed by atoms with Crippen LogP contribution in [-0.4, -0.2) is 20.6 Å². The van der Waals surface area contributed by atoms with Crippen molar-refractivity contribution in [2.24, 2.45) is 0 Å². The molecule has 0 unspecified atom stereocenters. The third-order valence-corrected chi connectivity index (χ3v) is 3.12. The number of aromatic amines is 1. The van der Waals surface area contributed by atoms with Crippen LogP contribution in [0.4, 0.5) is 0 Å². The van der Waals surface area contributed by atoms with Gasteiger partial charge in [0.2, 0.25) is 0 Å². The first-order valence-electron chi connectivity index (χ1n) is 6.29. The fourth-order valence-corrected chi connectivity index (χ4v) is 2.04. The predicted octanol–water partition coefficient (Wildman–Crippen LogP) is 2.65. The predicted molar refractivity (Wildman–Crippen MR) is 73.5 cm³/mol. The number of nitrogens with zero attached hydrogens (tertiary/aromatic N) is 3. The number of tetrazole rings is 1. The summed E-state index contributed by atoms with van der Waals surface area (Å²) in [6.07, 6.45) is 2.10. The Morgan fingerprint density at radius 2 is 1.47 bits per heavy atom. The highest BCUT2D eigenvalue weighted by Gasteiger charge is 2.01. The third-order valence-electron chi connectivity index (χ3n) is 3.12. The first kappa shape index (κ1) is 11.6. The SMILES string of the molecule is c1ccc(CCc2ccc(-c3nnn[nH]3)cc2)cc1. The quantitative estimate of drug-likeness (QED) is 0.774. The van der Waals surface area contributed by atoms with Crippen molar-refractivity contribution in [3.8, 4) is 11.4 Å². The Bertz CT molecular complexity index is 615. The van der Waals surface area contributed by atoms with Crippen LogP contribution >= 0.6 is 0 Å². The summed E-state index contributed by atoms with van der Waals surface area (Å²) >= 11 is 0. The minimum atomic E-state index is 0.703. The van der Waals surface area contributed by atoms with Crippen molar-refractivity contribution in [3.05, 3.63) is 65.7 Å². The average Bonchev–Trinajstić information content (AvgIpc) is 3.01. The van der Waals surface area contributed by atoms with Crippen LogP contribution in [0.15, 0.2) is 54.6 Å². The van der Waals surface area contributed by atoms with Crippen LogP contribution in [0.2, 0.25) is 0 Å². The number of aryl methyl sites for hydroxylation is 2. The summed E-state index contributed by atoms with van der Waals surface area (Å²) in [5.74, 6) is 0.703. The van der Waals surface area contributed by atoms with E-state index in [0.717, 1.165) is 18.4 Å². The maximum absolute atomic E-state index is 3.89. The van der Waals surface area contributed by atoms with Crippen molar-refractivity contribution in [3.63, 3.8) is 0 Å². The molecule has 0 amide bonds. The molecule has 3 rings (SSSR count). The molecule has 0 spiro atoms. The van der Waals surface area contributed by atoms with Gasteiger partial charge in [0.15, 0.2) is 5.82 Å². The summed E-state index contributed by atoms with van der Waals surface area (Å²) in [4.78, 5) is 0. The zero-order valence-corrected chi connectivity index (χ0v) is 10.5. The minimum Gasteiger partial charge on any atom is -0.239 e. The number of hydrogen-bond acceptors (Lipinski definition) is 3. The average molecular weight is 250 g/mol. The Hall–Kier alpha value is -2.49. The Kier molecular flexibility index (Phi) is 3.32. The van der Waals surface area contributed by atoms with Crippen molar-refractivity contribution >= 4 is 0 Å². The second-order valence-corrected chi connectivity index (χ2v) is 4.43. The Labute approximate surface area is 111 Å². The summed E-state index contributed by atoms with van der Waals surface area (Å²) in [6.45, 7) is 0. The Morgan fingerprint density at radius 1 is 0.789 bits per heavy atom. The maximum Gasteiger partial charge on any atom is 0.179 e. The lowest BCUT2D eigenvalue weighted by Gasteiger charge is -2.03. The van der Waals surface area contributed by atoms with Crippen molar-refractivity contribution in [1.82, 2.24) is 20.6 Å². The van der Waals surface area contributed by atoms with Crippen LogP contribution < -0.4 is 0 Å². The van der Waals surface area contributed by atoms with E-state index in [9.17, 15) is 0 Å². The van der Waals surface area contributed by atoms with Crippen LogP contribution in [0, 0.1) is 0 Å². The van der Waals surface area contributed by atoms with Gasteiger partial charge in [0, 0.05) is 5.56 Å². The highest BCUT2D eigenvalue weighted by Crippen LogP contribution is 2.15. The van der Waals surface area contributed by atoms with E-state index in [2.05, 4.69) is 57.0 Å². The van der Waals surface area contributed by atoms with Gasteiger partial charge in [0.05, 0.1) is 0 Å². The Balaban J connectivity index is 1.67. The molecule has 4 nitrogen and oxygen atoms in total. The van der Waals surface area contributed by atoms with Crippen molar-refractivity contribution in [2.45, 2.75) is 12.8 Å². The van der Waals surface area contributed by atoms with Crippen LogP contribution in [0.3, 0.4) is 0 Å². The molecule has 3 aromatic rings. The fourth-order valence-electron chi connectivity index (χ4n) is 2.04. The van der Waals surface area contributed by atoms with Gasteiger partial charge < -0.3 is 0 Å². The molecule has 0 atom stereocenters. The highest BCUT2D eigenvalue weighted by atomic mass is 15.5. The van der Waals surface area contributed by atoms with Crippen LogP contribution in [0.1, 0.15) is 11.1 Å². The maximum atomic E-state index is 3.89. The van der Waals surface area contributed by atoms with Gasteiger partial charge in [-0.05, 0) is 34.4 Å². The first-order chi connectivity index (χ1) is 9.42. The van der Waals surface area contributed by atoms with E-state index in [4.69, 9.17) is 0 Å². The van der Waals surface area contributed by atoms with Gasteiger partial charge in [-0.1, -0.05) is 54.6 Å². The van der Waals surface area contributed by atoms with Gasteiger partial charge in [0.1, 0.15) is 0 Å². The van der Waals surface area contributed by atoms with E-state index in [0.29, 0.717) is 5.82 Å². The van der Waals surface area contributed by atoms with E-state index in [1.807, 2.05) is 18.2 Å². The van der Waals surface area contributed by atoms with E-state index in [1.165, 1.54) is 11.1 Å². The molecule has 0 aliphatic carbocycles. The van der Waals surface area contributed by atoms with Crippen LogP contribution in [0.25, 0.3) is 11.4 Å². The lowest BCUT2D eigenvalue weighted by molar-refractivity contribution is 0.881. The van der Waals surface area contributed by atoms with Crippen LogP contribution in [-0.2, 0) is 12.8 Å². The summed E-state index contributed by atoms with van der Waals surface area (Å²) < 4.78 is 0. The molecule has 0 radical (unpaired) electrons. The van der Waals surface area contributed by atoms with E-state index in [1.54, 1.807) is 0 Å². The number of benzene rings is 2. The topological polar surface area (TPSA) is 54.5 Å². The molecule has 94 valence electrons. The molecule has 1 heterocycles. The number of nitrogens with one attached hydrogen (secondary N) is 1. The van der Waals surface area contributed by atoms with E-state index >= 15 is 0 Å². The first-order valence-corrected chi connectivity index (χ1v) is 6.29. The Morgan fingerprint density at radius 3 is 2.11 bits per heavy atom. The molecule has 2 aromatic carbocycles. The molecule has 4 heteroatoms.